The number of nitrogens with two attached hydrogens (primary N) is 1. The average molecular weight is 264 g/mol. The molecule has 0 spiro atoms. The first kappa shape index (κ1) is 15.5. The first-order valence-corrected chi connectivity index (χ1v) is 6.51. The van der Waals surface area contributed by atoms with Crippen molar-refractivity contribution in [3.63, 3.8) is 0 Å². The summed E-state index contributed by atoms with van der Waals surface area (Å²) in [7, 11) is 1.64. The summed E-state index contributed by atoms with van der Waals surface area (Å²) in [6.45, 7) is 6.29. The van der Waals surface area contributed by atoms with Gasteiger partial charge in [0, 0.05) is 18.5 Å². The van der Waals surface area contributed by atoms with Gasteiger partial charge in [-0.05, 0) is 37.5 Å². The van der Waals surface area contributed by atoms with Crippen LogP contribution in [0.1, 0.15) is 38.7 Å². The van der Waals surface area contributed by atoms with Crippen molar-refractivity contribution in [2.24, 2.45) is 5.73 Å². The van der Waals surface area contributed by atoms with Gasteiger partial charge in [0.2, 0.25) is 5.91 Å². The third kappa shape index (κ3) is 5.75. The fourth-order valence-electron chi connectivity index (χ4n) is 1.74. The summed E-state index contributed by atoms with van der Waals surface area (Å²) in [6, 6.07) is 7.80. The summed E-state index contributed by atoms with van der Waals surface area (Å²) in [5.41, 5.74) is 6.55. The van der Waals surface area contributed by atoms with E-state index < -0.39 is 0 Å². The lowest BCUT2D eigenvalue weighted by Gasteiger charge is -2.20. The van der Waals surface area contributed by atoms with Crippen molar-refractivity contribution in [2.45, 2.75) is 38.6 Å². The molecule has 106 valence electrons. The van der Waals surface area contributed by atoms with E-state index in [1.807, 2.05) is 45.0 Å². The Kier molecular flexibility index (Phi) is 5.36. The minimum absolute atomic E-state index is 0.0221. The number of methoxy groups -OCH3 is 1. The van der Waals surface area contributed by atoms with Gasteiger partial charge in [-0.25, -0.2) is 0 Å². The molecule has 19 heavy (non-hydrogen) atoms. The van der Waals surface area contributed by atoms with E-state index in [4.69, 9.17) is 10.5 Å². The molecule has 0 aliphatic carbocycles. The predicted molar refractivity (Wildman–Crippen MR) is 77.3 cm³/mol. The second-order valence-corrected chi connectivity index (χ2v) is 5.65. The summed E-state index contributed by atoms with van der Waals surface area (Å²) < 4.78 is 5.19. The van der Waals surface area contributed by atoms with Gasteiger partial charge in [-0.1, -0.05) is 19.1 Å². The van der Waals surface area contributed by atoms with Crippen LogP contribution in [0.5, 0.6) is 5.75 Å². The first-order valence-electron chi connectivity index (χ1n) is 6.51. The van der Waals surface area contributed by atoms with Crippen molar-refractivity contribution in [3.8, 4) is 5.75 Å². The molecule has 1 aromatic carbocycles. The maximum atomic E-state index is 11.8. The standard InChI is InChI=1S/C15H24N2O2/c1-11(8-14(18)17-10-15(2,3)16)12-6-5-7-13(9-12)19-4/h5-7,9,11H,8,10,16H2,1-4H3,(H,17,18). The lowest BCUT2D eigenvalue weighted by atomic mass is 9.97. The maximum Gasteiger partial charge on any atom is 0.220 e. The van der Waals surface area contributed by atoms with Crippen LogP contribution in [0.4, 0.5) is 0 Å². The van der Waals surface area contributed by atoms with Crippen LogP contribution in [-0.2, 0) is 4.79 Å². The Balaban J connectivity index is 2.54. The molecule has 0 radical (unpaired) electrons. The number of nitrogens with one attached hydrogen (secondary N) is 1. The zero-order valence-corrected chi connectivity index (χ0v) is 12.2. The highest BCUT2D eigenvalue weighted by atomic mass is 16.5. The second kappa shape index (κ2) is 6.57. The monoisotopic (exact) mass is 264 g/mol. The Bertz CT molecular complexity index is 424. The quantitative estimate of drug-likeness (QED) is 0.826. The van der Waals surface area contributed by atoms with Crippen LogP contribution in [0.15, 0.2) is 24.3 Å². The number of hydrogen-bond donors (Lipinski definition) is 2. The summed E-state index contributed by atoms with van der Waals surface area (Å²) in [4.78, 5) is 11.8. The predicted octanol–water partition coefficient (Wildman–Crippen LogP) is 2.04. The number of hydrogen-bond acceptors (Lipinski definition) is 3. The molecule has 4 nitrogen and oxygen atoms in total. The Morgan fingerprint density at radius 2 is 2.16 bits per heavy atom. The van der Waals surface area contributed by atoms with Gasteiger partial charge in [-0.3, -0.25) is 4.79 Å². The van der Waals surface area contributed by atoms with Crippen LogP contribution >= 0.6 is 0 Å². The molecule has 0 saturated heterocycles. The Morgan fingerprint density at radius 1 is 1.47 bits per heavy atom. The topological polar surface area (TPSA) is 64.3 Å². The lowest BCUT2D eigenvalue weighted by molar-refractivity contribution is -0.121. The van der Waals surface area contributed by atoms with E-state index in [1.54, 1.807) is 7.11 Å². The van der Waals surface area contributed by atoms with Crippen LogP contribution < -0.4 is 15.8 Å². The van der Waals surface area contributed by atoms with Crippen LogP contribution in [0.25, 0.3) is 0 Å². The molecule has 0 heterocycles. The molecule has 1 aromatic rings. The van der Waals surface area contributed by atoms with E-state index in [9.17, 15) is 4.79 Å². The Hall–Kier alpha value is -1.55. The number of carbonyl (C=O) groups is 1. The highest BCUT2D eigenvalue weighted by Gasteiger charge is 2.15. The van der Waals surface area contributed by atoms with Crippen LogP contribution in [0, 0.1) is 0 Å². The van der Waals surface area contributed by atoms with Gasteiger partial charge in [-0.15, -0.1) is 0 Å². The minimum Gasteiger partial charge on any atom is -0.497 e. The van der Waals surface area contributed by atoms with Gasteiger partial charge in [0.05, 0.1) is 7.11 Å². The van der Waals surface area contributed by atoms with E-state index in [-0.39, 0.29) is 17.4 Å². The molecular weight excluding hydrogens is 240 g/mol. The lowest BCUT2D eigenvalue weighted by Crippen LogP contribution is -2.45. The zero-order chi connectivity index (χ0) is 14.5. The molecule has 0 aliphatic heterocycles. The molecule has 4 heteroatoms. The van der Waals surface area contributed by atoms with E-state index in [1.165, 1.54) is 0 Å². The molecule has 1 unspecified atom stereocenters. The Labute approximate surface area is 115 Å². The van der Waals surface area contributed by atoms with Gasteiger partial charge in [0.1, 0.15) is 5.75 Å². The van der Waals surface area contributed by atoms with Gasteiger partial charge in [0.15, 0.2) is 0 Å². The molecule has 0 aromatic heterocycles. The second-order valence-electron chi connectivity index (χ2n) is 5.65. The van der Waals surface area contributed by atoms with Crippen molar-refractivity contribution in [1.29, 1.82) is 0 Å². The average Bonchev–Trinajstić information content (AvgIpc) is 2.35. The van der Waals surface area contributed by atoms with Crippen molar-refractivity contribution in [2.75, 3.05) is 13.7 Å². The minimum atomic E-state index is -0.380. The SMILES string of the molecule is COc1cccc(C(C)CC(=O)NCC(C)(C)N)c1. The fourth-order valence-corrected chi connectivity index (χ4v) is 1.74. The molecular formula is C15H24N2O2. The molecule has 1 amide bonds. The highest BCUT2D eigenvalue weighted by molar-refractivity contribution is 5.76. The molecule has 1 rings (SSSR count). The number of ether oxygens (including phenoxy) is 1. The van der Waals surface area contributed by atoms with Crippen molar-refractivity contribution in [1.82, 2.24) is 5.32 Å². The third-order valence-corrected chi connectivity index (χ3v) is 2.90. The number of rotatable bonds is 6. The van der Waals surface area contributed by atoms with E-state index in [2.05, 4.69) is 5.32 Å². The maximum absolute atomic E-state index is 11.8. The van der Waals surface area contributed by atoms with E-state index in [0.717, 1.165) is 11.3 Å². The van der Waals surface area contributed by atoms with E-state index >= 15 is 0 Å². The van der Waals surface area contributed by atoms with E-state index in [0.29, 0.717) is 13.0 Å². The highest BCUT2D eigenvalue weighted by Crippen LogP contribution is 2.22. The van der Waals surface area contributed by atoms with Gasteiger partial charge in [-0.2, -0.15) is 0 Å². The largest absolute Gasteiger partial charge is 0.497 e. The number of carbonyl (C=O) groups excluding carboxylic acids is 1. The van der Waals surface area contributed by atoms with Crippen molar-refractivity contribution >= 4 is 5.91 Å². The fraction of sp³-hybridized carbons (Fsp3) is 0.533. The Morgan fingerprint density at radius 3 is 2.74 bits per heavy atom. The summed E-state index contributed by atoms with van der Waals surface area (Å²) in [5, 5.41) is 2.86. The van der Waals surface area contributed by atoms with Crippen LogP contribution in [0.2, 0.25) is 0 Å². The number of benzene rings is 1. The number of amides is 1. The third-order valence-electron chi connectivity index (χ3n) is 2.90. The smallest absolute Gasteiger partial charge is 0.220 e. The zero-order valence-electron chi connectivity index (χ0n) is 12.2. The first-order chi connectivity index (χ1) is 8.81. The van der Waals surface area contributed by atoms with Crippen LogP contribution in [0.3, 0.4) is 0 Å². The van der Waals surface area contributed by atoms with Gasteiger partial charge >= 0.3 is 0 Å². The molecule has 0 aliphatic rings. The molecule has 0 bridgehead atoms. The van der Waals surface area contributed by atoms with Gasteiger partial charge in [0.25, 0.3) is 0 Å². The summed E-state index contributed by atoms with van der Waals surface area (Å²) >= 11 is 0. The molecule has 0 saturated carbocycles. The van der Waals surface area contributed by atoms with Gasteiger partial charge < -0.3 is 15.8 Å². The summed E-state index contributed by atoms with van der Waals surface area (Å²) in [6.07, 6.45) is 0.448. The molecule has 0 fully saturated rings. The summed E-state index contributed by atoms with van der Waals surface area (Å²) in [5.74, 6) is 0.984. The van der Waals surface area contributed by atoms with Crippen molar-refractivity contribution in [3.05, 3.63) is 29.8 Å². The molecule has 1 atom stereocenters. The normalized spacial score (nSPS) is 12.9. The molecule has 3 N–H and O–H groups in total. The van der Waals surface area contributed by atoms with Crippen LogP contribution in [-0.4, -0.2) is 25.1 Å². The van der Waals surface area contributed by atoms with Crippen molar-refractivity contribution < 1.29 is 9.53 Å².